The molecule has 3 saturated heterocycles. The van der Waals surface area contributed by atoms with Gasteiger partial charge >= 0.3 is 17.9 Å². The highest BCUT2D eigenvalue weighted by atomic mass is 32.2. The summed E-state index contributed by atoms with van der Waals surface area (Å²) < 4.78 is 286. The van der Waals surface area contributed by atoms with Crippen LogP contribution in [-0.4, -0.2) is 271 Å². The summed E-state index contributed by atoms with van der Waals surface area (Å²) in [5.74, 6) is -4.33. The number of aliphatic hydroxyl groups is 3. The van der Waals surface area contributed by atoms with Crippen LogP contribution in [0, 0.1) is 56.3 Å². The number of carbonyl (C=O) groups is 6. The number of anilines is 3. The van der Waals surface area contributed by atoms with Crippen molar-refractivity contribution < 1.29 is 154 Å². The van der Waals surface area contributed by atoms with E-state index in [-0.39, 0.29) is 154 Å². The molecule has 6 heterocycles. The number of hydrogen-bond acceptors (Lipinski definition) is 32. The number of nitrogens with one attached hydrogen (secondary N) is 3. The lowest BCUT2D eigenvalue weighted by Gasteiger charge is -2.40. The Morgan fingerprint density at radius 3 is 0.910 bits per heavy atom. The molecule has 0 radical (unpaired) electrons. The SMILES string of the molecule is CCC(CC)(NC(=O)c1ccc(N2CC(OC)C2)c(OC[C@H]2C[C@@H]2CO)n1)C(=O)O.[2H]C([2H])(F)C([2H])([2H])C([2H])([2H])OC(=O)C(CC)(CC)NC(=O)c1ccc(N2CC(OC)C2)c(OC[C@H]2C[C@@H]2CO)n1.[2H]C([2H])(OC(=O)C(CC)(CC)NC(=O)c1ccc(N2CC(OC)C2)c(OC[C@H]2C[C@@H]2CO)n1)C([2H])([2H])C([2H])([2H])OS(=O)(=O)c1ccc(C)cc1.[2H]C([2H])(OS(=O)(=O)c1ccc(C)cc1)C([2H])([2H])C([2H])([2H])OS(=O)(=O)c1ccc(C)cc1. The van der Waals surface area contributed by atoms with Crippen molar-refractivity contribution in [1.29, 1.82) is 0 Å². The van der Waals surface area contributed by atoms with Crippen LogP contribution in [0.2, 0.25) is 0 Å². The summed E-state index contributed by atoms with van der Waals surface area (Å²) in [6, 6.07) is 24.6. The molecule has 40 heteroatoms. The fraction of sp³-hybridized carbons (Fsp3) is 0.581. The minimum absolute atomic E-state index is 0.0144. The Morgan fingerprint density at radius 2 is 0.669 bits per heavy atom. The number of hydrogen-bond donors (Lipinski definition) is 7. The molecule has 3 aliphatic heterocycles. The number of carboxylic acid groups (broad SMARTS) is 1. The Balaban J connectivity index is 0.000000228. The van der Waals surface area contributed by atoms with Crippen LogP contribution in [0.5, 0.6) is 17.6 Å². The third-order valence-corrected chi connectivity index (χ3v) is 27.3. The lowest BCUT2D eigenvalue weighted by Crippen LogP contribution is -2.54. The fourth-order valence-corrected chi connectivity index (χ4v) is 16.0. The first-order valence-electron chi connectivity index (χ1n) is 52.1. The van der Waals surface area contributed by atoms with Crippen LogP contribution in [0.3, 0.4) is 0 Å². The summed E-state index contributed by atoms with van der Waals surface area (Å²) in [5.41, 5.74) is -1.16. The number of ether oxygens (including phenoxy) is 8. The number of rotatable bonds is 50. The van der Waals surface area contributed by atoms with E-state index in [1.54, 1.807) is 80.2 Å². The number of carboxylic acids is 1. The first-order chi connectivity index (χ1) is 70.1. The van der Waals surface area contributed by atoms with Gasteiger partial charge in [0.1, 0.15) is 50.8 Å². The number of aliphatic hydroxyl groups excluding tert-OH is 3. The fourth-order valence-electron chi connectivity index (χ4n) is 13.9. The Morgan fingerprint density at radius 1 is 0.406 bits per heavy atom. The quantitative estimate of drug-likeness (QED) is 0.0138. The number of esters is 2. The molecule has 0 bridgehead atoms. The molecular weight excluding hydrogens is 1790 g/mol. The Hall–Kier alpha value is -9.85. The van der Waals surface area contributed by atoms with Gasteiger partial charge in [-0.05, 0) is 193 Å². The molecule has 0 unspecified atom stereocenters. The van der Waals surface area contributed by atoms with E-state index in [9.17, 15) is 78.8 Å². The van der Waals surface area contributed by atoms with Crippen molar-refractivity contribution in [2.75, 3.05) is 154 Å². The van der Waals surface area contributed by atoms with E-state index in [1.165, 1.54) is 76.2 Å². The van der Waals surface area contributed by atoms with Crippen LogP contribution < -0.4 is 44.9 Å². The average molecular weight is 1940 g/mol. The molecule has 3 aliphatic carbocycles. The molecule has 6 fully saturated rings. The zero-order valence-corrected chi connectivity index (χ0v) is 78.4. The molecule has 36 nitrogen and oxygen atoms in total. The second-order valence-corrected chi connectivity index (χ2v) is 37.1. The summed E-state index contributed by atoms with van der Waals surface area (Å²) >= 11 is 0. The molecular formula is C93H130FN9O27S3. The number of benzene rings is 3. The number of aromatic nitrogens is 3. The van der Waals surface area contributed by atoms with E-state index in [2.05, 4.69) is 53.1 Å². The first-order valence-corrected chi connectivity index (χ1v) is 47.3. The van der Waals surface area contributed by atoms with E-state index in [0.29, 0.717) is 79.8 Å². The van der Waals surface area contributed by atoms with Crippen LogP contribution in [-0.2, 0) is 81.0 Å². The van der Waals surface area contributed by atoms with Gasteiger partial charge in [0.25, 0.3) is 48.1 Å². The highest BCUT2D eigenvalue weighted by Crippen LogP contribution is 2.43. The van der Waals surface area contributed by atoms with Gasteiger partial charge in [-0.25, -0.2) is 29.3 Å². The molecule has 6 aromatic rings. The summed E-state index contributed by atoms with van der Waals surface area (Å²) in [7, 11) is -9.78. The number of methoxy groups -OCH3 is 3. The van der Waals surface area contributed by atoms with Crippen molar-refractivity contribution in [3.05, 3.63) is 143 Å². The molecule has 133 heavy (non-hydrogen) atoms. The largest absolute Gasteiger partial charge is 0.480 e. The van der Waals surface area contributed by atoms with Crippen molar-refractivity contribution >= 4 is 83.0 Å². The Kier molecular flexibility index (Phi) is 30.8. The van der Waals surface area contributed by atoms with Crippen LogP contribution in [0.4, 0.5) is 21.5 Å². The highest BCUT2D eigenvalue weighted by Gasteiger charge is 2.45. The number of aliphatic carboxylic acids is 1. The third kappa shape index (κ3) is 29.3. The maximum atomic E-state index is 13.8. The Labute approximate surface area is 804 Å². The van der Waals surface area contributed by atoms with Crippen LogP contribution in [0.25, 0.3) is 0 Å². The first kappa shape index (κ1) is 82.6. The van der Waals surface area contributed by atoms with Crippen LogP contribution in [0.1, 0.15) is 191 Å². The summed E-state index contributed by atoms with van der Waals surface area (Å²) in [6.45, 7) is -3.77. The standard InChI is InChI=1S/C31H43N3O9S.C24H36FN3O6.C21H31N3O6.C17H20O6S2/c1-5-31(6-2,30(37)41-14-7-15-43-44(38,39)25-10-8-21(3)9-11-25)33-28(36)26-12-13-27(34-17-24(18-34)40-4)29(32-26)42-20-23-16-22(23)19-35;1-4-24(5-2,23(31)33-10-6-9-25)27-21(30)19-7-8-20(28-12-18(13-28)32-3)22(26-19)34-15-17-11-16(17)14-29;1-4-21(5-2,20(27)28)23-18(26)16-6-7-17(24-9-15(10-24)29-3)19(22-16)30-12-14-8-13(14)11-25;1-14-4-8-16(9-5-14)24(18,19)22-12-3-13-23-25(20,21)17-10-6-15(2)7-11-17/h8-13,22-24,35H,5-7,14-20H2,1-4H3,(H,33,36);7-8,16-18,29H,4-6,9-15H2,1-3H3,(H,27,30);6-7,13-15,25H,4-5,8-12H2,1-3H3,(H,23,26)(H,27,28);4-11H,3,12-13H2,1-2H3/t22-,23-;16-,17-;13-,14-;/m111./s1/i7D2,14D2,15D2;6D2,9D2,10D2;;3D2,12D2,13D2. The summed E-state index contributed by atoms with van der Waals surface area (Å²) in [4.78, 5) is 95.7. The van der Waals surface area contributed by atoms with Gasteiger partial charge in [0.15, 0.2) is 0 Å². The average Bonchev–Trinajstić information content (AvgIpc) is 1.42. The van der Waals surface area contributed by atoms with Gasteiger partial charge in [0, 0.05) is 101 Å². The minimum Gasteiger partial charge on any atom is -0.480 e. The number of halogens is 1. The van der Waals surface area contributed by atoms with Crippen molar-refractivity contribution in [3.8, 4) is 17.6 Å². The third-order valence-electron chi connectivity index (χ3n) is 23.8. The van der Waals surface area contributed by atoms with Crippen molar-refractivity contribution in [2.24, 2.45) is 35.5 Å². The predicted octanol–water partition coefficient (Wildman–Crippen LogP) is 9.08. The number of carbonyl (C=O) groups excluding carboxylic acids is 5. The van der Waals surface area contributed by atoms with Crippen molar-refractivity contribution in [2.45, 2.75) is 189 Å². The maximum Gasteiger partial charge on any atom is 0.331 e. The van der Waals surface area contributed by atoms with Gasteiger partial charge in [-0.3, -0.25) is 31.3 Å². The smallest absolute Gasteiger partial charge is 0.331 e. The lowest BCUT2D eigenvalue weighted by molar-refractivity contribution is -0.152. The molecule has 3 saturated carbocycles. The van der Waals surface area contributed by atoms with Gasteiger partial charge in [-0.15, -0.1) is 0 Å². The molecule has 7 N–H and O–H groups in total. The van der Waals surface area contributed by atoms with E-state index in [4.69, 9.17) is 57.8 Å². The second kappa shape index (κ2) is 49.6. The summed E-state index contributed by atoms with van der Waals surface area (Å²) in [5, 5.41) is 45.2. The zero-order chi connectivity index (χ0) is 113. The van der Waals surface area contributed by atoms with E-state index in [0.717, 1.165) is 61.3 Å². The van der Waals surface area contributed by atoms with Gasteiger partial charge in [0.05, 0.1) is 109 Å². The number of pyridine rings is 3. The topological polar surface area (TPSA) is 472 Å². The molecule has 6 aliphatic rings. The molecule has 12 rings (SSSR count). The normalized spacial score (nSPS) is 21.2. The van der Waals surface area contributed by atoms with Crippen LogP contribution >= 0.6 is 0 Å². The highest BCUT2D eigenvalue weighted by molar-refractivity contribution is 7.87. The van der Waals surface area contributed by atoms with E-state index >= 15 is 0 Å². The molecule has 0 spiro atoms. The van der Waals surface area contributed by atoms with Gasteiger partial charge in [-0.1, -0.05) is 94.6 Å². The Bertz CT molecular complexity index is 6010. The van der Waals surface area contributed by atoms with Gasteiger partial charge < -0.3 is 89.0 Å². The predicted molar refractivity (Wildman–Crippen MR) is 489 cm³/mol. The number of aryl methyl sites for hydroxylation is 3. The van der Waals surface area contributed by atoms with E-state index < -0.39 is 156 Å². The van der Waals surface area contributed by atoms with Crippen LogP contribution in [0.15, 0.2) is 124 Å². The minimum atomic E-state index is -4.93. The molecule has 734 valence electrons. The number of nitrogens with zero attached hydrogens (tertiary/aromatic N) is 6. The number of amides is 3. The summed E-state index contributed by atoms with van der Waals surface area (Å²) in [6.07, 6.45) is -8.87. The molecule has 3 amide bonds. The lowest BCUT2D eigenvalue weighted by atomic mass is 9.92. The van der Waals surface area contributed by atoms with E-state index in [1.807, 2.05) is 9.80 Å². The second-order valence-electron chi connectivity index (χ2n) is 32.4. The molecule has 3 aromatic carbocycles. The molecule has 6 atom stereocenters. The zero-order valence-electron chi connectivity index (χ0n) is 93.9. The van der Waals surface area contributed by atoms with Gasteiger partial charge in [0.2, 0.25) is 17.6 Å². The number of alkyl halides is 1. The maximum absolute atomic E-state index is 13.8. The van der Waals surface area contributed by atoms with Gasteiger partial charge in [-0.2, -0.15) is 25.3 Å². The molecule has 3 aromatic heterocycles. The monoisotopic (exact) mass is 1940 g/mol. The van der Waals surface area contributed by atoms with Crippen molar-refractivity contribution in [1.82, 2.24) is 30.9 Å². The van der Waals surface area contributed by atoms with Crippen molar-refractivity contribution in [3.63, 3.8) is 0 Å².